The lowest BCUT2D eigenvalue weighted by Crippen LogP contribution is -2.53. The molecule has 1 fully saturated rings. The maximum absolute atomic E-state index is 12.1. The number of nitrogens with one attached hydrogen (secondary N) is 1. The average molecular weight is 267 g/mol. The van der Waals surface area contributed by atoms with Crippen LogP contribution >= 0.6 is 0 Å². The lowest BCUT2D eigenvalue weighted by atomic mass is 9.98. The second kappa shape index (κ2) is 7.67. The van der Waals surface area contributed by atoms with Gasteiger partial charge < -0.3 is 14.8 Å². The molecule has 0 aromatic carbocycles. The summed E-state index contributed by atoms with van der Waals surface area (Å²) >= 11 is 0. The van der Waals surface area contributed by atoms with Crippen molar-refractivity contribution in [3.63, 3.8) is 0 Å². The lowest BCUT2D eigenvalue weighted by Gasteiger charge is -2.27. The van der Waals surface area contributed by atoms with Crippen molar-refractivity contribution in [2.75, 3.05) is 13.2 Å². The first-order valence-electron chi connectivity index (χ1n) is 6.66. The van der Waals surface area contributed by atoms with E-state index < -0.39 is 11.6 Å². The van der Waals surface area contributed by atoms with E-state index in [9.17, 15) is 9.59 Å². The number of alkyl carbamates (subject to hydrolysis) is 1. The standard InChI is InChI=1S/C14H21NO4/c1-3-5-11-19-13(17)15-14(8-6-7-9-14)12(16)18-10-4-2/h4,6-11H2,1-2H3,(H,15,17). The molecule has 1 rings (SSSR count). The summed E-state index contributed by atoms with van der Waals surface area (Å²) in [6.45, 7) is 4.00. The molecular formula is C14H21NO4. The van der Waals surface area contributed by atoms with Gasteiger partial charge in [0.15, 0.2) is 6.61 Å². The fourth-order valence-corrected chi connectivity index (χ4v) is 2.10. The Hall–Kier alpha value is -1.70. The van der Waals surface area contributed by atoms with Crippen LogP contribution in [0.25, 0.3) is 0 Å². The van der Waals surface area contributed by atoms with E-state index in [-0.39, 0.29) is 12.6 Å². The van der Waals surface area contributed by atoms with Gasteiger partial charge in [0.1, 0.15) is 5.54 Å². The lowest BCUT2D eigenvalue weighted by molar-refractivity contribution is -0.151. The molecule has 5 heteroatoms. The van der Waals surface area contributed by atoms with Crippen molar-refractivity contribution < 1.29 is 19.1 Å². The van der Waals surface area contributed by atoms with E-state index in [2.05, 4.69) is 17.2 Å². The van der Waals surface area contributed by atoms with Gasteiger partial charge in [-0.15, -0.1) is 5.92 Å². The highest BCUT2D eigenvalue weighted by atomic mass is 16.6. The maximum Gasteiger partial charge on any atom is 0.409 e. The third-order valence-electron chi connectivity index (χ3n) is 3.08. The number of hydrogen-bond donors (Lipinski definition) is 1. The van der Waals surface area contributed by atoms with E-state index >= 15 is 0 Å². The molecule has 1 aliphatic carbocycles. The van der Waals surface area contributed by atoms with Gasteiger partial charge in [-0.2, -0.15) is 0 Å². The number of carbonyl (C=O) groups excluding carboxylic acids is 2. The van der Waals surface area contributed by atoms with Crippen LogP contribution in [0.2, 0.25) is 0 Å². The topological polar surface area (TPSA) is 64.6 Å². The van der Waals surface area contributed by atoms with E-state index in [0.717, 1.165) is 19.3 Å². The summed E-state index contributed by atoms with van der Waals surface area (Å²) in [7, 11) is 0. The van der Waals surface area contributed by atoms with Crippen molar-refractivity contribution in [2.45, 2.75) is 51.5 Å². The molecule has 106 valence electrons. The zero-order chi connectivity index (χ0) is 14.1. The zero-order valence-corrected chi connectivity index (χ0v) is 11.6. The van der Waals surface area contributed by atoms with Gasteiger partial charge in [0.2, 0.25) is 0 Å². The Morgan fingerprint density at radius 3 is 2.53 bits per heavy atom. The SMILES string of the molecule is CC#CCOC(=O)NC1(C(=O)OCCC)CCCC1. The van der Waals surface area contributed by atoms with Crippen LogP contribution in [0.3, 0.4) is 0 Å². The first-order chi connectivity index (χ1) is 9.14. The third-order valence-corrected chi connectivity index (χ3v) is 3.08. The first kappa shape index (κ1) is 15.4. The largest absolute Gasteiger partial charge is 0.464 e. The number of hydrogen-bond acceptors (Lipinski definition) is 4. The molecule has 5 nitrogen and oxygen atoms in total. The molecular weight excluding hydrogens is 246 g/mol. The highest BCUT2D eigenvalue weighted by molar-refractivity contribution is 5.86. The minimum atomic E-state index is -0.911. The van der Waals surface area contributed by atoms with Gasteiger partial charge in [-0.05, 0) is 26.2 Å². The fraction of sp³-hybridized carbons (Fsp3) is 0.714. The van der Waals surface area contributed by atoms with E-state index in [1.807, 2.05) is 6.92 Å². The van der Waals surface area contributed by atoms with Crippen LogP contribution in [-0.2, 0) is 14.3 Å². The first-order valence-corrected chi connectivity index (χ1v) is 6.66. The van der Waals surface area contributed by atoms with Gasteiger partial charge in [-0.25, -0.2) is 9.59 Å². The van der Waals surface area contributed by atoms with Gasteiger partial charge in [0.25, 0.3) is 0 Å². The van der Waals surface area contributed by atoms with Crippen LogP contribution in [0.1, 0.15) is 46.0 Å². The van der Waals surface area contributed by atoms with Crippen LogP contribution in [0.4, 0.5) is 4.79 Å². The number of rotatable bonds is 5. The van der Waals surface area contributed by atoms with Crippen LogP contribution in [-0.4, -0.2) is 30.8 Å². The molecule has 0 heterocycles. The van der Waals surface area contributed by atoms with Gasteiger partial charge in [0.05, 0.1) is 6.61 Å². The monoisotopic (exact) mass is 267 g/mol. The molecule has 1 aliphatic rings. The molecule has 0 aliphatic heterocycles. The zero-order valence-electron chi connectivity index (χ0n) is 11.6. The Morgan fingerprint density at radius 2 is 1.95 bits per heavy atom. The highest BCUT2D eigenvalue weighted by Gasteiger charge is 2.44. The summed E-state index contributed by atoms with van der Waals surface area (Å²) in [5.41, 5.74) is -0.911. The van der Waals surface area contributed by atoms with Crippen molar-refractivity contribution in [1.82, 2.24) is 5.32 Å². The van der Waals surface area contributed by atoms with Crippen molar-refractivity contribution in [3.05, 3.63) is 0 Å². The second-order valence-electron chi connectivity index (χ2n) is 4.55. The Balaban J connectivity index is 2.57. The molecule has 0 radical (unpaired) electrons. The van der Waals surface area contributed by atoms with Crippen molar-refractivity contribution >= 4 is 12.1 Å². The normalized spacial score (nSPS) is 16.1. The summed E-state index contributed by atoms with van der Waals surface area (Å²) in [6.07, 6.45) is 3.15. The predicted octanol–water partition coefficient (Wildman–Crippen LogP) is 2.00. The maximum atomic E-state index is 12.1. The predicted molar refractivity (Wildman–Crippen MR) is 70.4 cm³/mol. The minimum absolute atomic E-state index is 0.0302. The molecule has 0 unspecified atom stereocenters. The second-order valence-corrected chi connectivity index (χ2v) is 4.55. The Morgan fingerprint density at radius 1 is 1.26 bits per heavy atom. The molecule has 0 bridgehead atoms. The molecule has 1 saturated carbocycles. The molecule has 0 atom stereocenters. The van der Waals surface area contributed by atoms with Crippen molar-refractivity contribution in [1.29, 1.82) is 0 Å². The van der Waals surface area contributed by atoms with Crippen LogP contribution in [0.5, 0.6) is 0 Å². The Labute approximate surface area is 114 Å². The Kier molecular flexibility index (Phi) is 6.20. The summed E-state index contributed by atoms with van der Waals surface area (Å²) in [5.74, 6) is 4.90. The summed E-state index contributed by atoms with van der Waals surface area (Å²) in [6, 6.07) is 0. The number of ether oxygens (including phenoxy) is 2. The minimum Gasteiger partial charge on any atom is -0.464 e. The number of carbonyl (C=O) groups is 2. The van der Waals surface area contributed by atoms with Crippen LogP contribution < -0.4 is 5.32 Å². The molecule has 0 spiro atoms. The van der Waals surface area contributed by atoms with Gasteiger partial charge in [0, 0.05) is 0 Å². The van der Waals surface area contributed by atoms with Crippen molar-refractivity contribution in [3.8, 4) is 11.8 Å². The van der Waals surface area contributed by atoms with Gasteiger partial charge >= 0.3 is 12.1 Å². The fourth-order valence-electron chi connectivity index (χ4n) is 2.10. The summed E-state index contributed by atoms with van der Waals surface area (Å²) in [5, 5.41) is 2.66. The molecule has 1 amide bonds. The van der Waals surface area contributed by atoms with Crippen LogP contribution in [0, 0.1) is 11.8 Å². The van der Waals surface area contributed by atoms with E-state index in [1.54, 1.807) is 6.92 Å². The molecule has 1 N–H and O–H groups in total. The summed E-state index contributed by atoms with van der Waals surface area (Å²) in [4.78, 5) is 23.7. The summed E-state index contributed by atoms with van der Waals surface area (Å²) < 4.78 is 10.1. The third kappa shape index (κ3) is 4.47. The quantitative estimate of drug-likeness (QED) is 0.611. The van der Waals surface area contributed by atoms with Crippen LogP contribution in [0.15, 0.2) is 0 Å². The van der Waals surface area contributed by atoms with E-state index in [0.29, 0.717) is 19.4 Å². The molecule has 0 aromatic rings. The number of amides is 1. The molecule has 0 saturated heterocycles. The number of esters is 1. The van der Waals surface area contributed by atoms with Gasteiger partial charge in [-0.3, -0.25) is 0 Å². The van der Waals surface area contributed by atoms with Gasteiger partial charge in [-0.1, -0.05) is 25.7 Å². The van der Waals surface area contributed by atoms with E-state index in [4.69, 9.17) is 9.47 Å². The highest BCUT2D eigenvalue weighted by Crippen LogP contribution is 2.31. The molecule has 0 aromatic heterocycles. The Bertz CT molecular complexity index is 375. The molecule has 19 heavy (non-hydrogen) atoms. The van der Waals surface area contributed by atoms with E-state index in [1.165, 1.54) is 0 Å². The van der Waals surface area contributed by atoms with Crippen molar-refractivity contribution in [2.24, 2.45) is 0 Å². The average Bonchev–Trinajstić information content (AvgIpc) is 2.86. The smallest absolute Gasteiger partial charge is 0.409 e.